The summed E-state index contributed by atoms with van der Waals surface area (Å²) in [6, 6.07) is 8.53. The fourth-order valence-electron chi connectivity index (χ4n) is 3.37. The van der Waals surface area contributed by atoms with Crippen molar-refractivity contribution in [3.8, 4) is 0 Å². The van der Waals surface area contributed by atoms with Crippen LogP contribution >= 0.6 is 35.3 Å². The maximum atomic E-state index is 12.7. The van der Waals surface area contributed by atoms with Crippen molar-refractivity contribution in [1.29, 1.82) is 0 Å². The molecule has 30 heavy (non-hydrogen) atoms. The number of benzene rings is 1. The molecule has 10 heteroatoms. The third-order valence-electron chi connectivity index (χ3n) is 4.89. The van der Waals surface area contributed by atoms with Gasteiger partial charge in [0.1, 0.15) is 5.01 Å². The zero-order chi connectivity index (χ0) is 20.9. The minimum absolute atomic E-state index is 0. The lowest BCUT2D eigenvalue weighted by Gasteiger charge is -2.29. The fraction of sp³-hybridized carbons (Fsp3) is 0.500. The summed E-state index contributed by atoms with van der Waals surface area (Å²) in [6.07, 6.45) is -0.607. The van der Waals surface area contributed by atoms with Gasteiger partial charge in [0, 0.05) is 44.8 Å². The van der Waals surface area contributed by atoms with E-state index in [1.807, 2.05) is 11.9 Å². The second-order valence-electron chi connectivity index (χ2n) is 7.10. The Balaban J connectivity index is 0.00000320. The molecule has 1 saturated heterocycles. The summed E-state index contributed by atoms with van der Waals surface area (Å²) in [6.45, 7) is 3.07. The molecule has 2 aromatic rings. The number of aliphatic imine (C=N–C) groups is 1. The minimum Gasteiger partial charge on any atom is -0.372 e. The first kappa shape index (κ1) is 24.7. The van der Waals surface area contributed by atoms with Gasteiger partial charge >= 0.3 is 6.18 Å². The first-order chi connectivity index (χ1) is 13.9. The lowest BCUT2D eigenvalue weighted by Crippen LogP contribution is -2.38. The molecular weight excluding hydrogens is 526 g/mol. The zero-order valence-corrected chi connectivity index (χ0v) is 20.2. The van der Waals surface area contributed by atoms with E-state index in [0.717, 1.165) is 35.4 Å². The third-order valence-corrected chi connectivity index (χ3v) is 5.74. The van der Waals surface area contributed by atoms with Crippen LogP contribution in [0, 0.1) is 0 Å². The molecule has 0 spiro atoms. The number of anilines is 1. The number of hydrogen-bond donors (Lipinski definition) is 1. The van der Waals surface area contributed by atoms with Gasteiger partial charge in [0.25, 0.3) is 0 Å². The molecule has 1 aromatic carbocycles. The van der Waals surface area contributed by atoms with Crippen molar-refractivity contribution >= 4 is 47.0 Å². The Hall–Kier alpha value is -1.56. The Morgan fingerprint density at radius 2 is 1.87 bits per heavy atom. The van der Waals surface area contributed by atoms with E-state index in [0.29, 0.717) is 17.5 Å². The SMILES string of the molecule is CN=C(NCc1nc(C(F)(F)F)cs1)N(C)Cc1ccc(N2CCCCC2)cc1.I. The van der Waals surface area contributed by atoms with Gasteiger partial charge < -0.3 is 15.1 Å². The maximum absolute atomic E-state index is 12.7. The summed E-state index contributed by atoms with van der Waals surface area (Å²) < 4.78 is 38.0. The summed E-state index contributed by atoms with van der Waals surface area (Å²) in [5.74, 6) is 0.605. The number of nitrogens with one attached hydrogen (secondary N) is 1. The predicted molar refractivity (Wildman–Crippen MR) is 127 cm³/mol. The first-order valence-corrected chi connectivity index (χ1v) is 10.5. The van der Waals surface area contributed by atoms with Gasteiger partial charge in [-0.1, -0.05) is 12.1 Å². The van der Waals surface area contributed by atoms with E-state index < -0.39 is 11.9 Å². The van der Waals surface area contributed by atoms with E-state index in [2.05, 4.69) is 44.5 Å². The molecule has 0 saturated carbocycles. The van der Waals surface area contributed by atoms with Gasteiger partial charge in [0.15, 0.2) is 11.7 Å². The number of rotatable bonds is 5. The first-order valence-electron chi connectivity index (χ1n) is 9.64. The largest absolute Gasteiger partial charge is 0.434 e. The van der Waals surface area contributed by atoms with Crippen molar-refractivity contribution in [2.45, 2.75) is 38.5 Å². The van der Waals surface area contributed by atoms with E-state index >= 15 is 0 Å². The van der Waals surface area contributed by atoms with Crippen LogP contribution in [0.3, 0.4) is 0 Å². The number of hydrogen-bond acceptors (Lipinski definition) is 4. The molecule has 1 fully saturated rings. The van der Waals surface area contributed by atoms with Gasteiger partial charge in [-0.25, -0.2) is 4.98 Å². The number of aromatic nitrogens is 1. The molecule has 0 bridgehead atoms. The molecule has 3 rings (SSSR count). The molecule has 0 radical (unpaired) electrons. The lowest BCUT2D eigenvalue weighted by atomic mass is 10.1. The lowest BCUT2D eigenvalue weighted by molar-refractivity contribution is -0.140. The van der Waals surface area contributed by atoms with Crippen molar-refractivity contribution in [2.75, 3.05) is 32.1 Å². The van der Waals surface area contributed by atoms with Crippen molar-refractivity contribution in [3.05, 3.63) is 45.9 Å². The van der Waals surface area contributed by atoms with Crippen LogP contribution in [0.1, 0.15) is 35.5 Å². The number of nitrogens with zero attached hydrogens (tertiary/aromatic N) is 4. The number of thiazole rings is 1. The second kappa shape index (κ2) is 11.2. The van der Waals surface area contributed by atoms with Crippen molar-refractivity contribution in [2.24, 2.45) is 4.99 Å². The molecule has 0 aliphatic carbocycles. The monoisotopic (exact) mass is 553 g/mol. The minimum atomic E-state index is -4.41. The van der Waals surface area contributed by atoms with E-state index in [1.165, 1.54) is 24.9 Å². The average molecular weight is 553 g/mol. The Kier molecular flexibility index (Phi) is 9.20. The van der Waals surface area contributed by atoms with E-state index in [-0.39, 0.29) is 30.5 Å². The number of piperidine rings is 1. The molecule has 2 heterocycles. The Labute approximate surface area is 196 Å². The quantitative estimate of drug-likeness (QED) is 0.323. The molecule has 166 valence electrons. The molecule has 0 amide bonds. The van der Waals surface area contributed by atoms with Gasteiger partial charge in [0.2, 0.25) is 0 Å². The highest BCUT2D eigenvalue weighted by molar-refractivity contribution is 14.0. The number of guanidine groups is 1. The van der Waals surface area contributed by atoms with Crippen LogP contribution in [0.15, 0.2) is 34.6 Å². The van der Waals surface area contributed by atoms with Crippen LogP contribution in [0.2, 0.25) is 0 Å². The topological polar surface area (TPSA) is 43.8 Å². The van der Waals surface area contributed by atoms with E-state index in [1.54, 1.807) is 7.05 Å². The normalized spacial score (nSPS) is 15.0. The van der Waals surface area contributed by atoms with Crippen LogP contribution in [0.4, 0.5) is 18.9 Å². The van der Waals surface area contributed by atoms with Gasteiger partial charge in [-0.05, 0) is 37.0 Å². The highest BCUT2D eigenvalue weighted by Gasteiger charge is 2.33. The van der Waals surface area contributed by atoms with Gasteiger partial charge in [0.05, 0.1) is 6.54 Å². The second-order valence-corrected chi connectivity index (χ2v) is 8.04. The van der Waals surface area contributed by atoms with Crippen LogP contribution in [-0.4, -0.2) is 43.0 Å². The van der Waals surface area contributed by atoms with Crippen LogP contribution in [0.25, 0.3) is 0 Å². The van der Waals surface area contributed by atoms with Crippen LogP contribution in [-0.2, 0) is 19.3 Å². The summed E-state index contributed by atoms with van der Waals surface area (Å²) in [5.41, 5.74) is 1.55. The van der Waals surface area contributed by atoms with Crippen molar-refractivity contribution < 1.29 is 13.2 Å². The Morgan fingerprint density at radius 3 is 2.43 bits per heavy atom. The Bertz CT molecular complexity index is 817. The smallest absolute Gasteiger partial charge is 0.372 e. The summed E-state index contributed by atoms with van der Waals surface area (Å²) >= 11 is 0.988. The zero-order valence-electron chi connectivity index (χ0n) is 17.1. The maximum Gasteiger partial charge on any atom is 0.434 e. The van der Waals surface area contributed by atoms with Crippen molar-refractivity contribution in [3.63, 3.8) is 0 Å². The van der Waals surface area contributed by atoms with Crippen LogP contribution in [0.5, 0.6) is 0 Å². The Morgan fingerprint density at radius 1 is 1.20 bits per heavy atom. The van der Waals surface area contributed by atoms with Gasteiger partial charge in [-0.2, -0.15) is 13.2 Å². The van der Waals surface area contributed by atoms with Gasteiger partial charge in [-0.3, -0.25) is 4.99 Å². The van der Waals surface area contributed by atoms with Crippen LogP contribution < -0.4 is 10.2 Å². The molecule has 0 unspecified atom stereocenters. The van der Waals surface area contributed by atoms with Gasteiger partial charge in [-0.15, -0.1) is 35.3 Å². The van der Waals surface area contributed by atoms with E-state index in [9.17, 15) is 13.2 Å². The summed E-state index contributed by atoms with van der Waals surface area (Å²) in [5, 5.41) is 4.49. The highest BCUT2D eigenvalue weighted by atomic mass is 127. The van der Waals surface area contributed by atoms with E-state index in [4.69, 9.17) is 0 Å². The molecule has 1 aromatic heterocycles. The standard InChI is InChI=1S/C20H26F3N5S.HI/c1-24-19(25-12-18-26-17(14-29-18)20(21,22)23)27(2)13-15-6-8-16(9-7-15)28-10-4-3-5-11-28;/h6-9,14H,3-5,10-13H2,1-2H3,(H,24,25);1H. The molecule has 1 N–H and O–H groups in total. The summed E-state index contributed by atoms with van der Waals surface area (Å²) in [7, 11) is 3.55. The molecule has 1 aliphatic rings. The highest BCUT2D eigenvalue weighted by Crippen LogP contribution is 2.30. The predicted octanol–water partition coefficient (Wildman–Crippen LogP) is 4.98. The fourth-order valence-corrected chi connectivity index (χ4v) is 4.12. The molecular formula is C20H27F3IN5S. The molecule has 0 atom stereocenters. The molecule has 1 aliphatic heterocycles. The number of alkyl halides is 3. The summed E-state index contributed by atoms with van der Waals surface area (Å²) in [4.78, 5) is 12.2. The third kappa shape index (κ3) is 6.73. The number of halogens is 4. The average Bonchev–Trinajstić information content (AvgIpc) is 3.19. The molecule has 5 nitrogen and oxygen atoms in total. The van der Waals surface area contributed by atoms with Crippen molar-refractivity contribution in [1.82, 2.24) is 15.2 Å².